The molecule has 5 nitrogen and oxygen atoms in total. The molecular weight excluding hydrogens is 857 g/mol. The Morgan fingerprint density at radius 3 is 1.27 bits per heavy atom. The molecule has 0 fully saturated rings. The van der Waals surface area contributed by atoms with Crippen molar-refractivity contribution in [1.29, 1.82) is 0 Å². The van der Waals surface area contributed by atoms with Crippen LogP contribution in [0.3, 0.4) is 0 Å². The largest absolute Gasteiger partial charge is 0.309 e. The third-order valence-corrected chi connectivity index (χ3v) is 15.2. The first kappa shape index (κ1) is 37.3. The molecule has 0 saturated carbocycles. The zero-order valence-corrected chi connectivity index (χ0v) is 36.3. The minimum absolute atomic E-state index is 0.278. The van der Waals surface area contributed by atoms with Crippen molar-refractivity contribution >= 4 is 107 Å². The van der Waals surface area contributed by atoms with Crippen molar-refractivity contribution < 1.29 is 8.78 Å². The maximum atomic E-state index is 14.6. The van der Waals surface area contributed by atoms with E-state index in [-0.39, 0.29) is 11.6 Å². The number of halogens is 2. The molecule has 66 heavy (non-hydrogen) atoms. The molecule has 0 unspecified atom stereocenters. The first-order valence-corrected chi connectivity index (χ1v) is 23.3. The van der Waals surface area contributed by atoms with Crippen molar-refractivity contribution in [3.8, 4) is 45.5 Å². The molecule has 0 N–H and O–H groups in total. The Morgan fingerprint density at radius 2 is 0.727 bits per heavy atom. The number of hydrogen-bond donors (Lipinski definition) is 0. The van der Waals surface area contributed by atoms with Crippen LogP contribution in [0.25, 0.3) is 129 Å². The second-order valence-electron chi connectivity index (χ2n) is 16.7. The van der Waals surface area contributed by atoms with Gasteiger partial charge < -0.3 is 4.57 Å². The molecule has 5 aromatic heterocycles. The maximum absolute atomic E-state index is 14.6. The average molecular weight is 888 g/mol. The van der Waals surface area contributed by atoms with E-state index >= 15 is 0 Å². The smallest absolute Gasteiger partial charge is 0.238 e. The zero-order chi connectivity index (χ0) is 43.6. The highest BCUT2D eigenvalue weighted by Gasteiger charge is 2.21. The van der Waals surface area contributed by atoms with Crippen molar-refractivity contribution in [2.45, 2.75) is 0 Å². The second-order valence-corrected chi connectivity index (χ2v) is 18.9. The van der Waals surface area contributed by atoms with Gasteiger partial charge in [0.25, 0.3) is 0 Å². The Labute approximate surface area is 382 Å². The molecule has 0 amide bonds. The van der Waals surface area contributed by atoms with Crippen molar-refractivity contribution in [2.24, 2.45) is 0 Å². The van der Waals surface area contributed by atoms with E-state index in [0.717, 1.165) is 95.6 Å². The Morgan fingerprint density at radius 1 is 0.318 bits per heavy atom. The molecule has 9 heteroatoms. The minimum atomic E-state index is -0.278. The standard InChI is InChI=1S/C57H31F2N5S2/c58-36-18-24-53-45(30-36)43-28-34(16-22-51(43)65-53)55-60-56(35-17-23-52-44(29-35)46-31-37(59)19-25-54(46)66-52)62-57(61-55)64-48-13-7-5-11-40(48)42-27-33(15-21-50(42)64)32-14-20-49-41(26-32)39-10-4-6-12-47(39)63(49)38-8-2-1-3-9-38/h1-31H. The van der Waals surface area contributed by atoms with Crippen LogP contribution in [0.5, 0.6) is 0 Å². The van der Waals surface area contributed by atoms with Gasteiger partial charge in [-0.3, -0.25) is 4.57 Å². The van der Waals surface area contributed by atoms with Gasteiger partial charge in [0.1, 0.15) is 11.6 Å². The predicted octanol–water partition coefficient (Wildman–Crippen LogP) is 16.1. The normalized spacial score (nSPS) is 12.1. The fourth-order valence-corrected chi connectivity index (χ4v) is 12.0. The van der Waals surface area contributed by atoms with E-state index in [1.807, 2.05) is 30.3 Å². The summed E-state index contributed by atoms with van der Waals surface area (Å²) in [6.07, 6.45) is 0. The lowest BCUT2D eigenvalue weighted by atomic mass is 10.0. The summed E-state index contributed by atoms with van der Waals surface area (Å²) in [5.74, 6) is 0.879. The van der Waals surface area contributed by atoms with Gasteiger partial charge in [-0.05, 0) is 132 Å². The minimum Gasteiger partial charge on any atom is -0.309 e. The lowest BCUT2D eigenvalue weighted by Gasteiger charge is -2.11. The summed E-state index contributed by atoms with van der Waals surface area (Å²) in [5.41, 5.74) is 9.15. The van der Waals surface area contributed by atoms with Gasteiger partial charge in [0.2, 0.25) is 5.95 Å². The summed E-state index contributed by atoms with van der Waals surface area (Å²) < 4.78 is 37.8. The Kier molecular flexibility index (Phi) is 8.02. The molecular formula is C57H31F2N5S2. The summed E-state index contributed by atoms with van der Waals surface area (Å²) in [4.78, 5) is 15.7. The van der Waals surface area contributed by atoms with E-state index in [2.05, 4.69) is 143 Å². The molecule has 0 aliphatic carbocycles. The van der Waals surface area contributed by atoms with Crippen LogP contribution >= 0.6 is 22.7 Å². The number of nitrogens with zero attached hydrogens (tertiary/aromatic N) is 5. The van der Waals surface area contributed by atoms with Crippen LogP contribution in [-0.4, -0.2) is 24.1 Å². The molecule has 0 bridgehead atoms. The van der Waals surface area contributed by atoms with Gasteiger partial charge in [-0.15, -0.1) is 22.7 Å². The van der Waals surface area contributed by atoms with Gasteiger partial charge >= 0.3 is 0 Å². The summed E-state index contributed by atoms with van der Waals surface area (Å²) in [7, 11) is 0. The monoisotopic (exact) mass is 887 g/mol. The highest BCUT2D eigenvalue weighted by atomic mass is 32.1. The first-order chi connectivity index (χ1) is 32.5. The van der Waals surface area contributed by atoms with Crippen LogP contribution in [-0.2, 0) is 0 Å². The van der Waals surface area contributed by atoms with Gasteiger partial charge in [-0.1, -0.05) is 66.7 Å². The van der Waals surface area contributed by atoms with Crippen LogP contribution in [0.4, 0.5) is 8.78 Å². The van der Waals surface area contributed by atoms with Crippen LogP contribution in [0.2, 0.25) is 0 Å². The number of rotatable bonds is 5. The summed E-state index contributed by atoms with van der Waals surface area (Å²) in [5, 5.41) is 8.12. The highest BCUT2D eigenvalue weighted by Crippen LogP contribution is 2.41. The van der Waals surface area contributed by atoms with Crippen LogP contribution in [0, 0.1) is 11.6 Å². The fourth-order valence-electron chi connectivity index (χ4n) is 9.88. The van der Waals surface area contributed by atoms with Crippen molar-refractivity contribution in [3.05, 3.63) is 200 Å². The third-order valence-electron chi connectivity index (χ3n) is 12.9. The maximum Gasteiger partial charge on any atom is 0.238 e. The molecule has 0 aliphatic rings. The number of hydrogen-bond acceptors (Lipinski definition) is 5. The number of aromatic nitrogens is 5. The van der Waals surface area contributed by atoms with Crippen LogP contribution in [0.1, 0.15) is 0 Å². The molecule has 0 saturated heterocycles. The number of thiophene rings is 2. The molecule has 5 heterocycles. The van der Waals surface area contributed by atoms with Crippen molar-refractivity contribution in [1.82, 2.24) is 24.1 Å². The van der Waals surface area contributed by atoms with E-state index in [4.69, 9.17) is 15.0 Å². The molecule has 0 radical (unpaired) electrons. The summed E-state index contributed by atoms with van der Waals surface area (Å²) in [6, 6.07) is 63.1. The lowest BCUT2D eigenvalue weighted by molar-refractivity contribution is 0.629. The topological polar surface area (TPSA) is 48.5 Å². The van der Waals surface area contributed by atoms with E-state index in [1.165, 1.54) is 28.4 Å². The molecule has 14 rings (SSSR count). The molecule has 0 atom stereocenters. The summed E-state index contributed by atoms with van der Waals surface area (Å²) >= 11 is 3.26. The van der Waals surface area contributed by atoms with E-state index in [0.29, 0.717) is 17.6 Å². The van der Waals surface area contributed by atoms with Gasteiger partial charge in [-0.2, -0.15) is 9.97 Å². The third kappa shape index (κ3) is 5.70. The number of fused-ring (bicyclic) bond motifs is 12. The fraction of sp³-hybridized carbons (Fsp3) is 0. The number of para-hydroxylation sites is 3. The Balaban J connectivity index is 0.973. The summed E-state index contributed by atoms with van der Waals surface area (Å²) in [6.45, 7) is 0. The van der Waals surface area contributed by atoms with Gasteiger partial charge in [-0.25, -0.2) is 13.8 Å². The predicted molar refractivity (Wildman–Crippen MR) is 271 cm³/mol. The van der Waals surface area contributed by atoms with Crippen molar-refractivity contribution in [2.75, 3.05) is 0 Å². The van der Waals surface area contributed by atoms with Gasteiger partial charge in [0.05, 0.1) is 22.1 Å². The first-order valence-electron chi connectivity index (χ1n) is 21.6. The van der Waals surface area contributed by atoms with E-state index in [1.54, 1.807) is 34.8 Å². The van der Waals surface area contributed by atoms with Gasteiger partial charge in [0, 0.05) is 78.7 Å². The lowest BCUT2D eigenvalue weighted by Crippen LogP contribution is -2.06. The molecule has 0 aliphatic heterocycles. The molecule has 9 aromatic carbocycles. The highest BCUT2D eigenvalue weighted by molar-refractivity contribution is 7.26. The van der Waals surface area contributed by atoms with E-state index in [9.17, 15) is 8.78 Å². The number of benzene rings is 9. The van der Waals surface area contributed by atoms with Crippen molar-refractivity contribution in [3.63, 3.8) is 0 Å². The zero-order valence-electron chi connectivity index (χ0n) is 34.7. The Bertz CT molecular complexity index is 4200. The van der Waals surface area contributed by atoms with Crippen LogP contribution < -0.4 is 0 Å². The molecule has 14 aromatic rings. The second kappa shape index (κ2) is 14.2. The SMILES string of the molecule is Fc1ccc2sc3ccc(-c4nc(-c5ccc6sc7ccc(F)cc7c6c5)nc(-n5c6ccccc6c6cc(-c7ccc8c(c7)c7ccccc7n8-c7ccccc7)ccc65)n4)cc3c2c1. The van der Waals surface area contributed by atoms with Crippen LogP contribution in [0.15, 0.2) is 188 Å². The molecule has 0 spiro atoms. The quantitative estimate of drug-likeness (QED) is 0.173. The Hall–Kier alpha value is -8.11. The molecule has 310 valence electrons. The van der Waals surface area contributed by atoms with Gasteiger partial charge in [0.15, 0.2) is 11.6 Å². The van der Waals surface area contributed by atoms with E-state index < -0.39 is 0 Å². The average Bonchev–Trinajstić information content (AvgIpc) is 4.10.